The van der Waals surface area contributed by atoms with Crippen molar-refractivity contribution in [1.29, 1.82) is 0 Å². The molecule has 3 rings (SSSR count). The zero-order chi connectivity index (χ0) is 21.2. The zero-order valence-corrected chi connectivity index (χ0v) is 18.2. The predicted octanol–water partition coefficient (Wildman–Crippen LogP) is 3.89. The van der Waals surface area contributed by atoms with Crippen molar-refractivity contribution in [2.45, 2.75) is 26.4 Å². The van der Waals surface area contributed by atoms with E-state index in [2.05, 4.69) is 51.4 Å². The Balaban J connectivity index is 1.56. The highest BCUT2D eigenvalue weighted by Crippen LogP contribution is 2.22. The van der Waals surface area contributed by atoms with Crippen LogP contribution in [0.4, 0.5) is 0 Å². The van der Waals surface area contributed by atoms with E-state index in [-0.39, 0.29) is 0 Å². The summed E-state index contributed by atoms with van der Waals surface area (Å²) in [4.78, 5) is 8.82. The Hall–Kier alpha value is -2.99. The molecule has 0 aliphatic rings. The quantitative estimate of drug-likeness (QED) is 0.403. The third-order valence-corrected chi connectivity index (χ3v) is 4.98. The molecule has 0 bridgehead atoms. The number of nitrogens with one attached hydrogen (secondary N) is 2. The molecule has 0 radical (unpaired) electrons. The standard InChI is InChI=1S/C23H28ClN5O/c1-3-26-23(27-10-9-20-7-8-21(30-2)14-22(20)24)28-15-18-5-4-6-19(13-18)16-29-12-11-25-17-29/h4-8,11-14,17H,3,9-10,15-16H2,1-2H3,(H2,26,27,28). The van der Waals surface area contributed by atoms with Gasteiger partial charge in [-0.05, 0) is 42.2 Å². The number of methoxy groups -OCH3 is 1. The maximum atomic E-state index is 6.33. The van der Waals surface area contributed by atoms with Crippen LogP contribution >= 0.6 is 11.6 Å². The predicted molar refractivity (Wildman–Crippen MR) is 122 cm³/mol. The summed E-state index contributed by atoms with van der Waals surface area (Å²) in [7, 11) is 1.64. The van der Waals surface area contributed by atoms with E-state index >= 15 is 0 Å². The second-order valence-electron chi connectivity index (χ2n) is 6.88. The molecule has 0 atom stereocenters. The van der Waals surface area contributed by atoms with Gasteiger partial charge in [0.15, 0.2) is 5.96 Å². The molecule has 0 saturated carbocycles. The van der Waals surface area contributed by atoms with Gasteiger partial charge < -0.3 is 19.9 Å². The lowest BCUT2D eigenvalue weighted by Crippen LogP contribution is -2.38. The largest absolute Gasteiger partial charge is 0.497 e. The molecule has 6 nitrogen and oxygen atoms in total. The highest BCUT2D eigenvalue weighted by molar-refractivity contribution is 6.31. The summed E-state index contributed by atoms with van der Waals surface area (Å²) < 4.78 is 7.26. The average molecular weight is 426 g/mol. The molecule has 7 heteroatoms. The highest BCUT2D eigenvalue weighted by atomic mass is 35.5. The van der Waals surface area contributed by atoms with Crippen molar-refractivity contribution in [3.05, 3.63) is 82.9 Å². The van der Waals surface area contributed by atoms with E-state index in [1.54, 1.807) is 13.3 Å². The number of guanidine groups is 1. The number of aromatic nitrogens is 2. The van der Waals surface area contributed by atoms with Gasteiger partial charge >= 0.3 is 0 Å². The van der Waals surface area contributed by atoms with Crippen molar-refractivity contribution < 1.29 is 4.74 Å². The van der Waals surface area contributed by atoms with Crippen molar-refractivity contribution in [3.8, 4) is 5.75 Å². The Kier molecular flexibility index (Phi) is 8.15. The van der Waals surface area contributed by atoms with Crippen LogP contribution in [0, 0.1) is 0 Å². The summed E-state index contributed by atoms with van der Waals surface area (Å²) in [5, 5.41) is 7.39. The Morgan fingerprint density at radius 2 is 2.03 bits per heavy atom. The molecule has 2 N–H and O–H groups in total. The third-order valence-electron chi connectivity index (χ3n) is 4.63. The van der Waals surface area contributed by atoms with Gasteiger partial charge in [-0.2, -0.15) is 0 Å². The van der Waals surface area contributed by atoms with Crippen molar-refractivity contribution in [2.24, 2.45) is 4.99 Å². The van der Waals surface area contributed by atoms with Crippen molar-refractivity contribution in [2.75, 3.05) is 20.2 Å². The number of aliphatic imine (C=N–C) groups is 1. The molecule has 1 heterocycles. The van der Waals surface area contributed by atoms with Crippen LogP contribution in [0.1, 0.15) is 23.6 Å². The second kappa shape index (κ2) is 11.3. The number of rotatable bonds is 9. The van der Waals surface area contributed by atoms with Gasteiger partial charge in [0.25, 0.3) is 0 Å². The first-order valence-corrected chi connectivity index (χ1v) is 10.4. The summed E-state index contributed by atoms with van der Waals surface area (Å²) in [6.07, 6.45) is 6.38. The maximum Gasteiger partial charge on any atom is 0.191 e. The van der Waals surface area contributed by atoms with Crippen LogP contribution < -0.4 is 15.4 Å². The summed E-state index contributed by atoms with van der Waals surface area (Å²) in [5.41, 5.74) is 3.48. The highest BCUT2D eigenvalue weighted by Gasteiger charge is 2.04. The summed E-state index contributed by atoms with van der Waals surface area (Å²) in [5.74, 6) is 1.56. The molecule has 30 heavy (non-hydrogen) atoms. The van der Waals surface area contributed by atoms with Gasteiger partial charge in [0.05, 0.1) is 20.0 Å². The summed E-state index contributed by atoms with van der Waals surface area (Å²) in [6, 6.07) is 14.2. The van der Waals surface area contributed by atoms with Crippen LogP contribution in [0.3, 0.4) is 0 Å². The zero-order valence-electron chi connectivity index (χ0n) is 17.4. The molecule has 0 unspecified atom stereocenters. The van der Waals surface area contributed by atoms with E-state index in [0.717, 1.165) is 43.3 Å². The van der Waals surface area contributed by atoms with E-state index in [0.29, 0.717) is 11.6 Å². The third kappa shape index (κ3) is 6.52. The summed E-state index contributed by atoms with van der Waals surface area (Å²) in [6.45, 7) is 5.01. The van der Waals surface area contributed by atoms with E-state index in [1.165, 1.54) is 11.1 Å². The molecular formula is C23H28ClN5O. The smallest absolute Gasteiger partial charge is 0.191 e. The Morgan fingerprint density at radius 1 is 1.17 bits per heavy atom. The summed E-state index contributed by atoms with van der Waals surface area (Å²) >= 11 is 6.33. The van der Waals surface area contributed by atoms with Crippen LogP contribution in [-0.2, 0) is 19.5 Å². The molecule has 2 aromatic carbocycles. The van der Waals surface area contributed by atoms with Crippen molar-refractivity contribution >= 4 is 17.6 Å². The Morgan fingerprint density at radius 3 is 2.77 bits per heavy atom. The molecule has 1 aromatic heterocycles. The topological polar surface area (TPSA) is 63.5 Å². The Bertz CT molecular complexity index is 956. The SMILES string of the molecule is CCNC(=NCc1cccc(Cn2ccnc2)c1)NCCc1ccc(OC)cc1Cl. The lowest BCUT2D eigenvalue weighted by Gasteiger charge is -2.12. The number of hydrogen-bond acceptors (Lipinski definition) is 3. The minimum Gasteiger partial charge on any atom is -0.497 e. The number of benzene rings is 2. The first-order valence-electron chi connectivity index (χ1n) is 10.1. The van der Waals surface area contributed by atoms with Crippen LogP contribution in [0.2, 0.25) is 5.02 Å². The van der Waals surface area contributed by atoms with Gasteiger partial charge in [0.2, 0.25) is 0 Å². The average Bonchev–Trinajstić information content (AvgIpc) is 3.26. The van der Waals surface area contributed by atoms with Gasteiger partial charge in [0, 0.05) is 37.1 Å². The molecular weight excluding hydrogens is 398 g/mol. The minimum atomic E-state index is 0.608. The molecule has 0 spiro atoms. The number of imidazole rings is 1. The number of nitrogens with zero attached hydrogens (tertiary/aromatic N) is 3. The van der Waals surface area contributed by atoms with Gasteiger partial charge in [-0.25, -0.2) is 9.98 Å². The van der Waals surface area contributed by atoms with Crippen LogP contribution in [-0.4, -0.2) is 35.7 Å². The second-order valence-corrected chi connectivity index (χ2v) is 7.29. The molecule has 158 valence electrons. The fourth-order valence-electron chi connectivity index (χ4n) is 3.10. The monoisotopic (exact) mass is 425 g/mol. The molecule has 0 amide bonds. The maximum absolute atomic E-state index is 6.33. The van der Waals surface area contributed by atoms with Crippen LogP contribution in [0.5, 0.6) is 5.75 Å². The normalized spacial score (nSPS) is 11.4. The van der Waals surface area contributed by atoms with Crippen LogP contribution in [0.15, 0.2) is 66.2 Å². The van der Waals surface area contributed by atoms with Gasteiger partial charge in [-0.1, -0.05) is 41.9 Å². The number of hydrogen-bond donors (Lipinski definition) is 2. The molecule has 0 aliphatic carbocycles. The lowest BCUT2D eigenvalue weighted by molar-refractivity contribution is 0.414. The number of halogens is 1. The fraction of sp³-hybridized carbons (Fsp3) is 0.304. The number of ether oxygens (including phenoxy) is 1. The van der Waals surface area contributed by atoms with Gasteiger partial charge in [-0.3, -0.25) is 0 Å². The first kappa shape index (κ1) is 21.7. The molecule has 0 aliphatic heterocycles. The van der Waals surface area contributed by atoms with E-state index in [4.69, 9.17) is 21.3 Å². The molecule has 0 saturated heterocycles. The fourth-order valence-corrected chi connectivity index (χ4v) is 3.37. The van der Waals surface area contributed by atoms with Crippen molar-refractivity contribution in [3.63, 3.8) is 0 Å². The first-order chi connectivity index (χ1) is 14.7. The van der Waals surface area contributed by atoms with E-state index < -0.39 is 0 Å². The van der Waals surface area contributed by atoms with Gasteiger partial charge in [0.1, 0.15) is 5.75 Å². The molecule has 0 fully saturated rings. The van der Waals surface area contributed by atoms with Crippen molar-refractivity contribution in [1.82, 2.24) is 20.2 Å². The van der Waals surface area contributed by atoms with Gasteiger partial charge in [-0.15, -0.1) is 0 Å². The lowest BCUT2D eigenvalue weighted by atomic mass is 10.1. The van der Waals surface area contributed by atoms with Crippen LogP contribution in [0.25, 0.3) is 0 Å². The molecule has 3 aromatic rings. The van der Waals surface area contributed by atoms with E-state index in [9.17, 15) is 0 Å². The van der Waals surface area contributed by atoms with E-state index in [1.807, 2.05) is 30.7 Å². The minimum absolute atomic E-state index is 0.608. The Labute approximate surface area is 183 Å².